The van der Waals surface area contributed by atoms with Crippen LogP contribution in [0.1, 0.15) is 5.56 Å². The number of benzene rings is 1. The van der Waals surface area contributed by atoms with Crippen molar-refractivity contribution < 1.29 is 33.2 Å². The summed E-state index contributed by atoms with van der Waals surface area (Å²) >= 11 is 1.13. The molecule has 2 heterocycles. The van der Waals surface area contributed by atoms with Crippen molar-refractivity contribution in [3.63, 3.8) is 0 Å². The van der Waals surface area contributed by atoms with Crippen molar-refractivity contribution in [1.82, 2.24) is 4.98 Å². The molecule has 26 heavy (non-hydrogen) atoms. The van der Waals surface area contributed by atoms with E-state index in [0.717, 1.165) is 23.9 Å². The van der Waals surface area contributed by atoms with E-state index in [1.54, 1.807) is 6.07 Å². The Kier molecular flexibility index (Phi) is 5.42. The lowest BCUT2D eigenvalue weighted by Crippen LogP contribution is -2.50. The third kappa shape index (κ3) is 3.96. The van der Waals surface area contributed by atoms with E-state index < -0.39 is 35.5 Å². The van der Waals surface area contributed by atoms with Crippen LogP contribution in [0.2, 0.25) is 0 Å². The highest BCUT2D eigenvalue weighted by Crippen LogP contribution is 2.36. The molecule has 3 rings (SSSR count). The van der Waals surface area contributed by atoms with Gasteiger partial charge < -0.3 is 20.1 Å². The van der Waals surface area contributed by atoms with Gasteiger partial charge in [-0.15, -0.1) is 11.8 Å². The molecule has 0 unspecified atom stereocenters. The third-order valence-electron chi connectivity index (χ3n) is 4.01. The molecule has 2 aromatic rings. The summed E-state index contributed by atoms with van der Waals surface area (Å²) in [6, 6.07) is 6.19. The summed E-state index contributed by atoms with van der Waals surface area (Å²) in [6.45, 7) is 0. The van der Waals surface area contributed by atoms with E-state index in [4.69, 9.17) is 4.74 Å². The number of hydrogen-bond donors (Lipinski definition) is 3. The average Bonchev–Trinajstić information content (AvgIpc) is 2.62. The lowest BCUT2D eigenvalue weighted by molar-refractivity contribution is -0.137. The fourth-order valence-corrected chi connectivity index (χ4v) is 3.67. The van der Waals surface area contributed by atoms with Crippen LogP contribution in [0, 0.1) is 0 Å². The van der Waals surface area contributed by atoms with Crippen molar-refractivity contribution in [2.75, 3.05) is 5.75 Å². The molecular formula is C17H16F3NO4S. The van der Waals surface area contributed by atoms with E-state index in [9.17, 15) is 28.5 Å². The third-order valence-corrected chi connectivity index (χ3v) is 5.24. The largest absolute Gasteiger partial charge is 0.475 e. The number of alkyl halides is 3. The Hall–Kier alpha value is -1.81. The Labute approximate surface area is 151 Å². The number of aliphatic hydroxyl groups excluding tert-OH is 3. The number of ether oxygens (including phenoxy) is 1. The molecule has 1 aromatic carbocycles. The molecule has 1 aliphatic rings. The SMILES string of the molecule is O[C@@H]1[C@@H](O)[C@H](Oc2cnccc2-c2ccc(C(F)(F)F)cc2)SC[C@H]1O. The Morgan fingerprint density at radius 1 is 1.04 bits per heavy atom. The van der Waals surface area contributed by atoms with Gasteiger partial charge in [0.05, 0.1) is 17.9 Å². The molecule has 0 bridgehead atoms. The molecular weight excluding hydrogens is 371 g/mol. The number of aliphatic hydroxyl groups is 3. The van der Waals surface area contributed by atoms with Crippen molar-refractivity contribution >= 4 is 11.8 Å². The lowest BCUT2D eigenvalue weighted by Gasteiger charge is -2.34. The van der Waals surface area contributed by atoms with Crippen LogP contribution in [0.15, 0.2) is 42.7 Å². The minimum Gasteiger partial charge on any atom is -0.475 e. The van der Waals surface area contributed by atoms with Gasteiger partial charge in [0.15, 0.2) is 5.44 Å². The highest BCUT2D eigenvalue weighted by Gasteiger charge is 2.39. The predicted molar refractivity (Wildman–Crippen MR) is 89.6 cm³/mol. The predicted octanol–water partition coefficient (Wildman–Crippen LogP) is 2.30. The standard InChI is InChI=1S/C17H16F3NO4S/c18-17(19,20)10-3-1-9(2-4-10)11-5-6-21-7-13(11)25-16-15(24)14(23)12(22)8-26-16/h1-7,12,14-16,22-24H,8H2/t12-,14+,15-,16-/m1/s1. The molecule has 5 nitrogen and oxygen atoms in total. The van der Waals surface area contributed by atoms with Crippen LogP contribution in [0.5, 0.6) is 5.75 Å². The van der Waals surface area contributed by atoms with Crippen LogP contribution in [-0.4, -0.2) is 49.8 Å². The molecule has 1 saturated heterocycles. The monoisotopic (exact) mass is 387 g/mol. The molecule has 1 aliphatic heterocycles. The number of halogens is 3. The minimum atomic E-state index is -4.42. The summed E-state index contributed by atoms with van der Waals surface area (Å²) in [7, 11) is 0. The molecule has 0 saturated carbocycles. The zero-order valence-corrected chi connectivity index (χ0v) is 14.1. The fourth-order valence-electron chi connectivity index (χ4n) is 2.56. The van der Waals surface area contributed by atoms with E-state index in [1.165, 1.54) is 24.5 Å². The molecule has 0 radical (unpaired) electrons. The van der Waals surface area contributed by atoms with Crippen LogP contribution in [0.3, 0.4) is 0 Å². The normalized spacial score (nSPS) is 26.5. The van der Waals surface area contributed by atoms with Crippen molar-refractivity contribution in [2.45, 2.75) is 29.9 Å². The first kappa shape index (κ1) is 19.0. The first-order chi connectivity index (χ1) is 12.3. The summed E-state index contributed by atoms with van der Waals surface area (Å²) in [5.41, 5.74) is -0.604. The maximum absolute atomic E-state index is 12.7. The van der Waals surface area contributed by atoms with Gasteiger partial charge in [0.1, 0.15) is 18.0 Å². The molecule has 4 atom stereocenters. The quantitative estimate of drug-likeness (QED) is 0.750. The van der Waals surface area contributed by atoms with Crippen molar-refractivity contribution in [3.8, 4) is 16.9 Å². The topological polar surface area (TPSA) is 82.8 Å². The van der Waals surface area contributed by atoms with Crippen LogP contribution < -0.4 is 4.74 Å². The molecule has 1 aromatic heterocycles. The van der Waals surface area contributed by atoms with Crippen LogP contribution in [0.4, 0.5) is 13.2 Å². The van der Waals surface area contributed by atoms with Gasteiger partial charge in [-0.2, -0.15) is 13.2 Å². The van der Waals surface area contributed by atoms with Crippen LogP contribution in [-0.2, 0) is 6.18 Å². The number of hydrogen-bond acceptors (Lipinski definition) is 6. The Morgan fingerprint density at radius 2 is 1.73 bits per heavy atom. The average molecular weight is 387 g/mol. The Bertz CT molecular complexity index is 756. The van der Waals surface area contributed by atoms with Gasteiger partial charge >= 0.3 is 6.18 Å². The van der Waals surface area contributed by atoms with Gasteiger partial charge in [-0.05, 0) is 23.8 Å². The first-order valence-electron chi connectivity index (χ1n) is 7.71. The maximum atomic E-state index is 12.7. The second kappa shape index (κ2) is 7.43. The number of thioether (sulfide) groups is 1. The summed E-state index contributed by atoms with van der Waals surface area (Å²) in [5.74, 6) is 0.436. The molecule has 140 valence electrons. The number of nitrogens with zero attached hydrogens (tertiary/aromatic N) is 1. The molecule has 0 spiro atoms. The zero-order chi connectivity index (χ0) is 18.9. The highest BCUT2D eigenvalue weighted by molar-refractivity contribution is 7.99. The van der Waals surface area contributed by atoms with Gasteiger partial charge in [0, 0.05) is 17.5 Å². The van der Waals surface area contributed by atoms with Gasteiger partial charge in [-0.3, -0.25) is 4.98 Å². The lowest BCUT2D eigenvalue weighted by atomic mass is 10.0. The summed E-state index contributed by atoms with van der Waals surface area (Å²) in [6.07, 6.45) is -5.27. The van der Waals surface area contributed by atoms with E-state index in [2.05, 4.69) is 4.98 Å². The Morgan fingerprint density at radius 3 is 2.38 bits per heavy atom. The van der Waals surface area contributed by atoms with E-state index in [-0.39, 0.29) is 11.5 Å². The highest BCUT2D eigenvalue weighted by atomic mass is 32.2. The second-order valence-corrected chi connectivity index (χ2v) is 6.95. The van der Waals surface area contributed by atoms with Gasteiger partial charge in [-0.25, -0.2) is 0 Å². The molecule has 9 heteroatoms. The number of pyridine rings is 1. The summed E-state index contributed by atoms with van der Waals surface area (Å²) in [5, 5.41) is 29.4. The number of rotatable bonds is 3. The van der Waals surface area contributed by atoms with Gasteiger partial charge in [0.25, 0.3) is 0 Å². The summed E-state index contributed by atoms with van der Waals surface area (Å²) < 4.78 is 43.9. The Balaban J connectivity index is 1.85. The molecule has 1 fully saturated rings. The van der Waals surface area contributed by atoms with Gasteiger partial charge in [-0.1, -0.05) is 12.1 Å². The molecule has 0 amide bonds. The first-order valence-corrected chi connectivity index (χ1v) is 8.76. The fraction of sp³-hybridized carbons (Fsp3) is 0.353. The van der Waals surface area contributed by atoms with Crippen molar-refractivity contribution in [2.24, 2.45) is 0 Å². The minimum absolute atomic E-state index is 0.179. The smallest absolute Gasteiger partial charge is 0.416 e. The molecule has 3 N–H and O–H groups in total. The van der Waals surface area contributed by atoms with E-state index in [1.807, 2.05) is 0 Å². The van der Waals surface area contributed by atoms with Gasteiger partial charge in [0.2, 0.25) is 0 Å². The number of aromatic nitrogens is 1. The van der Waals surface area contributed by atoms with Crippen molar-refractivity contribution in [3.05, 3.63) is 48.3 Å². The van der Waals surface area contributed by atoms with Crippen molar-refractivity contribution in [1.29, 1.82) is 0 Å². The zero-order valence-electron chi connectivity index (χ0n) is 13.3. The van der Waals surface area contributed by atoms with E-state index >= 15 is 0 Å². The maximum Gasteiger partial charge on any atom is 0.416 e. The second-order valence-electron chi connectivity index (χ2n) is 5.82. The van der Waals surface area contributed by atoms with Crippen LogP contribution >= 0.6 is 11.8 Å². The van der Waals surface area contributed by atoms with E-state index in [0.29, 0.717) is 11.1 Å². The molecule has 0 aliphatic carbocycles. The summed E-state index contributed by atoms with van der Waals surface area (Å²) in [4.78, 5) is 3.94. The van der Waals surface area contributed by atoms with Crippen LogP contribution in [0.25, 0.3) is 11.1 Å².